The Morgan fingerprint density at radius 2 is 2.15 bits per heavy atom. The minimum absolute atomic E-state index is 0.0491. The molecule has 10 heteroatoms. The molecule has 0 amide bonds. The average molecular weight is 370 g/mol. The smallest absolute Gasteiger partial charge is 0.327 e. The monoisotopic (exact) mass is 370 g/mol. The highest BCUT2D eigenvalue weighted by atomic mass is 19.1. The number of rotatable bonds is 3. The van der Waals surface area contributed by atoms with Crippen molar-refractivity contribution in [2.45, 2.75) is 18.9 Å². The zero-order chi connectivity index (χ0) is 18.4. The van der Waals surface area contributed by atoms with Crippen LogP contribution in [0.5, 0.6) is 11.6 Å². The lowest BCUT2D eigenvalue weighted by Gasteiger charge is -2.22. The highest BCUT2D eigenvalue weighted by Gasteiger charge is 2.23. The number of hydrogen-bond acceptors (Lipinski definition) is 6. The summed E-state index contributed by atoms with van der Waals surface area (Å²) >= 11 is 0. The largest absolute Gasteiger partial charge is 0.432 e. The minimum atomic E-state index is -0.675. The summed E-state index contributed by atoms with van der Waals surface area (Å²) in [6.07, 6.45) is 7.66. The van der Waals surface area contributed by atoms with Crippen LogP contribution < -0.4 is 10.4 Å². The molecule has 138 valence electrons. The van der Waals surface area contributed by atoms with Gasteiger partial charge in [-0.3, -0.25) is 9.55 Å². The van der Waals surface area contributed by atoms with Gasteiger partial charge >= 0.3 is 5.69 Å². The topological polar surface area (TPSA) is 99.3 Å². The van der Waals surface area contributed by atoms with Crippen LogP contribution in [0, 0.1) is 5.82 Å². The highest BCUT2D eigenvalue weighted by Crippen LogP contribution is 2.29. The third-order valence-corrected chi connectivity index (χ3v) is 4.66. The van der Waals surface area contributed by atoms with Crippen LogP contribution in [-0.2, 0) is 4.74 Å². The van der Waals surface area contributed by atoms with Gasteiger partial charge < -0.3 is 14.5 Å². The lowest BCUT2D eigenvalue weighted by Crippen LogP contribution is -2.27. The van der Waals surface area contributed by atoms with E-state index >= 15 is 0 Å². The van der Waals surface area contributed by atoms with Gasteiger partial charge in [0.2, 0.25) is 0 Å². The van der Waals surface area contributed by atoms with Gasteiger partial charge in [-0.2, -0.15) is 10.1 Å². The number of halogens is 1. The first-order valence-electron chi connectivity index (χ1n) is 8.54. The molecule has 1 fully saturated rings. The molecule has 5 heterocycles. The Labute approximate surface area is 151 Å². The Balaban J connectivity index is 1.60. The summed E-state index contributed by atoms with van der Waals surface area (Å²) < 4.78 is 28.6. The van der Waals surface area contributed by atoms with Crippen LogP contribution in [0.3, 0.4) is 0 Å². The molecular weight excluding hydrogens is 355 g/mol. The van der Waals surface area contributed by atoms with Crippen molar-refractivity contribution >= 4 is 16.7 Å². The van der Waals surface area contributed by atoms with Gasteiger partial charge in [0, 0.05) is 37.7 Å². The summed E-state index contributed by atoms with van der Waals surface area (Å²) in [5, 5.41) is 4.13. The molecule has 0 bridgehead atoms. The first-order chi connectivity index (χ1) is 13.2. The molecule has 0 unspecified atom stereocenters. The van der Waals surface area contributed by atoms with Crippen LogP contribution in [0.25, 0.3) is 16.7 Å². The van der Waals surface area contributed by atoms with Gasteiger partial charge in [0.15, 0.2) is 17.2 Å². The number of aromatic nitrogens is 6. The van der Waals surface area contributed by atoms with E-state index < -0.39 is 5.82 Å². The molecule has 1 aliphatic heterocycles. The fraction of sp³-hybridized carbons (Fsp3) is 0.294. The number of aromatic amines is 1. The van der Waals surface area contributed by atoms with Crippen molar-refractivity contribution in [1.29, 1.82) is 0 Å². The number of nitrogens with one attached hydrogen (secondary N) is 1. The average Bonchev–Trinajstić information content (AvgIpc) is 3.23. The molecule has 27 heavy (non-hydrogen) atoms. The molecule has 0 saturated carbocycles. The first kappa shape index (κ1) is 15.9. The SMILES string of the molecule is O=c1[nH]c2cc(F)c(Oc3cnn4ccncc34)nc2n1C1CCOCC1. The van der Waals surface area contributed by atoms with Gasteiger partial charge in [-0.15, -0.1) is 0 Å². The van der Waals surface area contributed by atoms with Crippen molar-refractivity contribution in [2.75, 3.05) is 13.2 Å². The number of ether oxygens (including phenoxy) is 2. The Morgan fingerprint density at radius 3 is 3.00 bits per heavy atom. The summed E-state index contributed by atoms with van der Waals surface area (Å²) in [5.41, 5.74) is 0.951. The summed E-state index contributed by atoms with van der Waals surface area (Å²) in [6.45, 7) is 1.15. The predicted molar refractivity (Wildman–Crippen MR) is 92.5 cm³/mol. The van der Waals surface area contributed by atoms with E-state index in [0.717, 1.165) is 0 Å². The number of H-pyrrole nitrogens is 1. The third-order valence-electron chi connectivity index (χ3n) is 4.66. The molecule has 0 radical (unpaired) electrons. The van der Waals surface area contributed by atoms with E-state index in [1.54, 1.807) is 27.7 Å². The van der Waals surface area contributed by atoms with Crippen molar-refractivity contribution < 1.29 is 13.9 Å². The van der Waals surface area contributed by atoms with Gasteiger partial charge in [-0.1, -0.05) is 0 Å². The third kappa shape index (κ3) is 2.65. The fourth-order valence-electron chi connectivity index (χ4n) is 3.36. The molecule has 4 aromatic heterocycles. The van der Waals surface area contributed by atoms with Crippen molar-refractivity contribution in [1.82, 2.24) is 29.1 Å². The van der Waals surface area contributed by atoms with E-state index in [4.69, 9.17) is 9.47 Å². The maximum absolute atomic E-state index is 14.5. The van der Waals surface area contributed by atoms with E-state index in [1.165, 1.54) is 12.3 Å². The van der Waals surface area contributed by atoms with Crippen molar-refractivity contribution in [2.24, 2.45) is 0 Å². The van der Waals surface area contributed by atoms with E-state index in [-0.39, 0.29) is 17.6 Å². The Morgan fingerprint density at radius 1 is 1.30 bits per heavy atom. The second-order valence-corrected chi connectivity index (χ2v) is 6.31. The number of fused-ring (bicyclic) bond motifs is 2. The Kier molecular flexibility index (Phi) is 3.64. The molecule has 9 nitrogen and oxygen atoms in total. The van der Waals surface area contributed by atoms with Gasteiger partial charge in [0.25, 0.3) is 5.88 Å². The molecular formula is C17H15FN6O3. The summed E-state index contributed by atoms with van der Waals surface area (Å²) in [7, 11) is 0. The van der Waals surface area contributed by atoms with Gasteiger partial charge in [0.1, 0.15) is 5.52 Å². The molecule has 0 aromatic carbocycles. The summed E-state index contributed by atoms with van der Waals surface area (Å²) in [5.74, 6) is -0.573. The fourth-order valence-corrected chi connectivity index (χ4v) is 3.36. The highest BCUT2D eigenvalue weighted by molar-refractivity contribution is 5.72. The minimum Gasteiger partial charge on any atom is -0.432 e. The van der Waals surface area contributed by atoms with Crippen LogP contribution in [0.4, 0.5) is 4.39 Å². The van der Waals surface area contributed by atoms with E-state index in [9.17, 15) is 9.18 Å². The normalized spacial score (nSPS) is 15.6. The quantitative estimate of drug-likeness (QED) is 0.593. The second kappa shape index (κ2) is 6.16. The van der Waals surface area contributed by atoms with Crippen LogP contribution >= 0.6 is 0 Å². The van der Waals surface area contributed by atoms with E-state index in [0.29, 0.717) is 48.5 Å². The van der Waals surface area contributed by atoms with Crippen LogP contribution in [0.2, 0.25) is 0 Å². The lowest BCUT2D eigenvalue weighted by atomic mass is 10.1. The Bertz CT molecular complexity index is 1190. The van der Waals surface area contributed by atoms with Crippen LogP contribution in [0.1, 0.15) is 18.9 Å². The molecule has 5 rings (SSSR count). The van der Waals surface area contributed by atoms with Crippen molar-refractivity contribution in [3.63, 3.8) is 0 Å². The zero-order valence-corrected chi connectivity index (χ0v) is 14.1. The first-order valence-corrected chi connectivity index (χ1v) is 8.54. The molecule has 1 aliphatic rings. The summed E-state index contributed by atoms with van der Waals surface area (Å²) in [4.78, 5) is 23.4. The molecule has 4 aromatic rings. The summed E-state index contributed by atoms with van der Waals surface area (Å²) in [6, 6.07) is 1.17. The maximum atomic E-state index is 14.5. The van der Waals surface area contributed by atoms with Crippen LogP contribution in [-0.4, -0.2) is 42.3 Å². The molecule has 0 aliphatic carbocycles. The Hall–Kier alpha value is -3.27. The lowest BCUT2D eigenvalue weighted by molar-refractivity contribution is 0.0696. The zero-order valence-electron chi connectivity index (χ0n) is 14.1. The van der Waals surface area contributed by atoms with Crippen molar-refractivity contribution in [3.8, 4) is 11.6 Å². The van der Waals surface area contributed by atoms with E-state index in [2.05, 4.69) is 20.1 Å². The number of hydrogen-bond donors (Lipinski definition) is 1. The predicted octanol–water partition coefficient (Wildman–Crippen LogP) is 2.05. The number of nitrogens with zero attached hydrogens (tertiary/aromatic N) is 5. The number of imidazole rings is 1. The van der Waals surface area contributed by atoms with Crippen molar-refractivity contribution in [3.05, 3.63) is 47.2 Å². The molecule has 1 saturated heterocycles. The van der Waals surface area contributed by atoms with Gasteiger partial charge in [-0.05, 0) is 12.8 Å². The second-order valence-electron chi connectivity index (χ2n) is 6.31. The molecule has 0 atom stereocenters. The maximum Gasteiger partial charge on any atom is 0.327 e. The standard InChI is InChI=1S/C17H15FN6O3/c18-11-7-12-15(24(17(25)21-12)10-1-5-26-6-2-10)22-16(11)27-14-9-20-23-4-3-19-8-13(14)23/h3-4,7-10H,1-2,5-6H2,(H,21,25). The van der Waals surface area contributed by atoms with E-state index in [1.807, 2.05) is 0 Å². The van der Waals surface area contributed by atoms with Gasteiger partial charge in [-0.25, -0.2) is 13.7 Å². The van der Waals surface area contributed by atoms with Crippen LogP contribution in [0.15, 0.2) is 35.6 Å². The number of pyridine rings is 1. The molecule has 1 N–H and O–H groups in total. The van der Waals surface area contributed by atoms with Gasteiger partial charge in [0.05, 0.1) is 17.9 Å². The molecule has 0 spiro atoms.